The van der Waals surface area contributed by atoms with Gasteiger partial charge in [-0.3, -0.25) is 0 Å². The van der Waals surface area contributed by atoms with Gasteiger partial charge >= 0.3 is 0 Å². The fourth-order valence-electron chi connectivity index (χ4n) is 1.45. The summed E-state index contributed by atoms with van der Waals surface area (Å²) in [6, 6.07) is 12.4. The van der Waals surface area contributed by atoms with E-state index in [0.29, 0.717) is 15.8 Å². The summed E-state index contributed by atoms with van der Waals surface area (Å²) in [5, 5.41) is 2.94. The normalized spacial score (nSPS) is 10.2. The highest BCUT2D eigenvalue weighted by molar-refractivity contribution is 8.22. The maximum Gasteiger partial charge on any atom is 0.138 e. The molecule has 0 fully saturated rings. The number of thioether (sulfide) groups is 1. The van der Waals surface area contributed by atoms with Crippen LogP contribution in [-0.4, -0.2) is 4.32 Å². The van der Waals surface area contributed by atoms with E-state index in [0.717, 1.165) is 5.56 Å². The number of halogens is 2. The Balaban J connectivity index is 1.86. The second-order valence-corrected chi connectivity index (χ2v) is 5.49. The van der Waals surface area contributed by atoms with E-state index < -0.39 is 0 Å². The molecule has 2 aromatic carbocycles. The first-order valence-electron chi connectivity index (χ1n) is 5.57. The number of hydrogen-bond donors (Lipinski definition) is 1. The standard InChI is InChI=1S/C14H11F2NS2/c15-11-6-4-10(5-7-11)9-19-14(18)17-13-3-1-2-12(16)8-13/h1-8H,9H2,(H,17,18). The van der Waals surface area contributed by atoms with Crippen LogP contribution < -0.4 is 5.32 Å². The second-order valence-electron chi connectivity index (χ2n) is 3.84. The van der Waals surface area contributed by atoms with Crippen molar-refractivity contribution >= 4 is 34.0 Å². The molecule has 0 atom stereocenters. The van der Waals surface area contributed by atoms with Crippen LogP contribution in [0.4, 0.5) is 14.5 Å². The number of nitrogens with one attached hydrogen (secondary N) is 1. The van der Waals surface area contributed by atoms with Gasteiger partial charge in [-0.1, -0.05) is 42.2 Å². The fourth-order valence-corrected chi connectivity index (χ4v) is 2.42. The summed E-state index contributed by atoms with van der Waals surface area (Å²) >= 11 is 6.57. The van der Waals surface area contributed by atoms with Crippen molar-refractivity contribution in [1.82, 2.24) is 0 Å². The molecule has 0 spiro atoms. The first kappa shape index (κ1) is 14.0. The van der Waals surface area contributed by atoms with Crippen molar-refractivity contribution in [2.45, 2.75) is 5.75 Å². The van der Waals surface area contributed by atoms with Crippen molar-refractivity contribution in [3.63, 3.8) is 0 Å². The molecule has 0 aromatic heterocycles. The number of anilines is 1. The van der Waals surface area contributed by atoms with Crippen LogP contribution in [0.15, 0.2) is 48.5 Å². The summed E-state index contributed by atoms with van der Waals surface area (Å²) in [5.74, 6) is 0.0760. The summed E-state index contributed by atoms with van der Waals surface area (Å²) < 4.78 is 26.3. The topological polar surface area (TPSA) is 12.0 Å². The lowest BCUT2D eigenvalue weighted by Crippen LogP contribution is -2.04. The molecule has 2 aromatic rings. The predicted molar refractivity (Wildman–Crippen MR) is 80.3 cm³/mol. The summed E-state index contributed by atoms with van der Waals surface area (Å²) in [6.45, 7) is 0. The molecule has 0 unspecified atom stereocenters. The summed E-state index contributed by atoms with van der Waals surface area (Å²) in [7, 11) is 0. The lowest BCUT2D eigenvalue weighted by atomic mass is 10.2. The smallest absolute Gasteiger partial charge is 0.138 e. The van der Waals surface area contributed by atoms with Crippen LogP contribution in [0.3, 0.4) is 0 Å². The predicted octanol–water partition coefficient (Wildman–Crippen LogP) is 4.60. The zero-order valence-electron chi connectivity index (χ0n) is 9.90. The molecule has 0 saturated heterocycles. The lowest BCUT2D eigenvalue weighted by Gasteiger charge is -2.07. The molecule has 1 N–H and O–H groups in total. The molecule has 0 amide bonds. The van der Waals surface area contributed by atoms with E-state index in [-0.39, 0.29) is 11.6 Å². The lowest BCUT2D eigenvalue weighted by molar-refractivity contribution is 0.627. The Bertz CT molecular complexity index is 570. The SMILES string of the molecule is Fc1ccc(CSC(=S)Nc2cccc(F)c2)cc1. The van der Waals surface area contributed by atoms with Crippen molar-refractivity contribution in [3.8, 4) is 0 Å². The largest absolute Gasteiger partial charge is 0.341 e. The molecular formula is C14H11F2NS2. The van der Waals surface area contributed by atoms with Gasteiger partial charge in [-0.25, -0.2) is 8.78 Å². The summed E-state index contributed by atoms with van der Waals surface area (Å²) in [4.78, 5) is 0. The molecule has 0 heterocycles. The third-order valence-electron chi connectivity index (χ3n) is 2.35. The number of benzene rings is 2. The van der Waals surface area contributed by atoms with Gasteiger partial charge in [-0.15, -0.1) is 0 Å². The van der Waals surface area contributed by atoms with Gasteiger partial charge in [0.15, 0.2) is 0 Å². The van der Waals surface area contributed by atoms with Crippen molar-refractivity contribution in [2.24, 2.45) is 0 Å². The van der Waals surface area contributed by atoms with Crippen molar-refractivity contribution in [1.29, 1.82) is 0 Å². The van der Waals surface area contributed by atoms with Gasteiger partial charge < -0.3 is 5.32 Å². The van der Waals surface area contributed by atoms with E-state index in [4.69, 9.17) is 12.2 Å². The highest BCUT2D eigenvalue weighted by Crippen LogP contribution is 2.17. The summed E-state index contributed by atoms with van der Waals surface area (Å²) in [5.41, 5.74) is 1.60. The Labute approximate surface area is 120 Å². The Morgan fingerprint density at radius 1 is 1.05 bits per heavy atom. The Morgan fingerprint density at radius 2 is 1.79 bits per heavy atom. The second kappa shape index (κ2) is 6.63. The molecule has 0 saturated carbocycles. The first-order valence-corrected chi connectivity index (χ1v) is 6.97. The minimum atomic E-state index is -0.309. The maximum atomic E-state index is 13.0. The molecule has 19 heavy (non-hydrogen) atoms. The van der Waals surface area contributed by atoms with Gasteiger partial charge in [0.25, 0.3) is 0 Å². The fraction of sp³-hybridized carbons (Fsp3) is 0.0714. The van der Waals surface area contributed by atoms with Gasteiger partial charge in [-0.05, 0) is 35.9 Å². The van der Waals surface area contributed by atoms with Gasteiger partial charge in [0.05, 0.1) is 0 Å². The molecule has 98 valence electrons. The number of hydrogen-bond acceptors (Lipinski definition) is 2. The molecule has 0 aliphatic heterocycles. The highest BCUT2D eigenvalue weighted by Gasteiger charge is 2.01. The molecule has 2 rings (SSSR count). The minimum absolute atomic E-state index is 0.255. The van der Waals surface area contributed by atoms with Gasteiger partial charge in [0.2, 0.25) is 0 Å². The zero-order chi connectivity index (χ0) is 13.7. The first-order chi connectivity index (χ1) is 9.13. The quantitative estimate of drug-likeness (QED) is 0.831. The third-order valence-corrected chi connectivity index (χ3v) is 3.65. The van der Waals surface area contributed by atoms with E-state index in [1.54, 1.807) is 24.3 Å². The van der Waals surface area contributed by atoms with Gasteiger partial charge in [0.1, 0.15) is 16.0 Å². The van der Waals surface area contributed by atoms with E-state index in [1.165, 1.54) is 36.0 Å². The van der Waals surface area contributed by atoms with Crippen molar-refractivity contribution in [2.75, 3.05) is 5.32 Å². The van der Waals surface area contributed by atoms with Crippen LogP contribution in [0.2, 0.25) is 0 Å². The van der Waals surface area contributed by atoms with E-state index in [9.17, 15) is 8.78 Å². The Kier molecular flexibility index (Phi) is 4.87. The van der Waals surface area contributed by atoms with E-state index in [2.05, 4.69) is 5.32 Å². The molecule has 5 heteroatoms. The highest BCUT2D eigenvalue weighted by atomic mass is 32.2. The third kappa shape index (κ3) is 4.61. The zero-order valence-corrected chi connectivity index (χ0v) is 11.5. The van der Waals surface area contributed by atoms with Crippen LogP contribution in [-0.2, 0) is 5.75 Å². The molecule has 1 nitrogen and oxygen atoms in total. The molecular weight excluding hydrogens is 284 g/mol. The van der Waals surface area contributed by atoms with E-state index >= 15 is 0 Å². The van der Waals surface area contributed by atoms with Gasteiger partial charge in [0, 0.05) is 11.4 Å². The van der Waals surface area contributed by atoms with E-state index in [1.807, 2.05) is 0 Å². The van der Waals surface area contributed by atoms with Crippen LogP contribution >= 0.6 is 24.0 Å². The monoisotopic (exact) mass is 295 g/mol. The average molecular weight is 295 g/mol. The van der Waals surface area contributed by atoms with Crippen molar-refractivity contribution < 1.29 is 8.78 Å². The molecule has 0 aliphatic carbocycles. The average Bonchev–Trinajstić information content (AvgIpc) is 2.38. The Morgan fingerprint density at radius 3 is 2.47 bits per heavy atom. The van der Waals surface area contributed by atoms with Crippen LogP contribution in [0.5, 0.6) is 0 Å². The van der Waals surface area contributed by atoms with Gasteiger partial charge in [-0.2, -0.15) is 0 Å². The molecule has 0 bridgehead atoms. The van der Waals surface area contributed by atoms with Crippen LogP contribution in [0, 0.1) is 11.6 Å². The molecule has 0 aliphatic rings. The van der Waals surface area contributed by atoms with Crippen LogP contribution in [0.1, 0.15) is 5.56 Å². The number of thiocarbonyl (C=S) groups is 1. The van der Waals surface area contributed by atoms with Crippen molar-refractivity contribution in [3.05, 3.63) is 65.7 Å². The number of rotatable bonds is 3. The Hall–Kier alpha value is -1.46. The minimum Gasteiger partial charge on any atom is -0.341 e. The van der Waals surface area contributed by atoms with Crippen LogP contribution in [0.25, 0.3) is 0 Å². The summed E-state index contributed by atoms with van der Waals surface area (Å²) in [6.07, 6.45) is 0. The maximum absolute atomic E-state index is 13.0. The molecule has 0 radical (unpaired) electrons.